The Kier molecular flexibility index (Phi) is 2.58. The van der Waals surface area contributed by atoms with Gasteiger partial charge in [0.05, 0.1) is 6.42 Å². The smallest absolute Gasteiger partial charge is 0.235 e. The first-order valence-electron chi connectivity index (χ1n) is 4.61. The van der Waals surface area contributed by atoms with Gasteiger partial charge in [-0.15, -0.1) is 0 Å². The summed E-state index contributed by atoms with van der Waals surface area (Å²) in [4.78, 5) is 14.2. The minimum Gasteiger partial charge on any atom is -0.339 e. The Morgan fingerprint density at radius 2 is 2.07 bits per heavy atom. The lowest BCUT2D eigenvalue weighted by Gasteiger charge is -1.96. The van der Waals surface area contributed by atoms with Gasteiger partial charge in [0, 0.05) is 0 Å². The number of carbonyl (C=O) groups is 1. The van der Waals surface area contributed by atoms with Crippen LogP contribution in [0.5, 0.6) is 0 Å². The van der Waals surface area contributed by atoms with E-state index in [2.05, 4.69) is 10.1 Å². The van der Waals surface area contributed by atoms with Crippen molar-refractivity contribution in [3.8, 4) is 0 Å². The highest BCUT2D eigenvalue weighted by atomic mass is 16.5. The molecule has 1 heterocycles. The van der Waals surface area contributed by atoms with Crippen LogP contribution in [0.25, 0.3) is 0 Å². The van der Waals surface area contributed by atoms with Crippen LogP contribution in [0.3, 0.4) is 0 Å². The number of nitrogens with zero attached hydrogens (tertiary/aromatic N) is 2. The summed E-state index contributed by atoms with van der Waals surface area (Å²) in [6.07, 6.45) is 1.13. The number of hydrogen-bond acceptors (Lipinski definition) is 4. The van der Waals surface area contributed by atoms with Crippen molar-refractivity contribution in [2.24, 2.45) is 0 Å². The summed E-state index contributed by atoms with van der Waals surface area (Å²) >= 11 is 0. The molecule has 0 aliphatic heterocycles. The second kappa shape index (κ2) is 4.04. The molecule has 4 heteroatoms. The van der Waals surface area contributed by atoms with Gasteiger partial charge >= 0.3 is 0 Å². The molecule has 0 bridgehead atoms. The van der Waals surface area contributed by atoms with Crippen LogP contribution < -0.4 is 0 Å². The number of carbonyl (C=O) groups excluding carboxylic acids is 1. The summed E-state index contributed by atoms with van der Waals surface area (Å²) in [5.41, 5.74) is 2.29. The summed E-state index contributed by atoms with van der Waals surface area (Å²) in [6, 6.07) is 8.04. The van der Waals surface area contributed by atoms with E-state index in [1.807, 2.05) is 31.2 Å². The van der Waals surface area contributed by atoms with Crippen molar-refractivity contribution in [2.75, 3.05) is 0 Å². The third-order valence-electron chi connectivity index (χ3n) is 2.07. The standard InChI is InChI=1S/C11H10N2O2/c1-8-2-4-9(5-3-8)6-11-12-10(7-14)13-15-11/h2-5,7H,6H2,1H3. The molecule has 0 aliphatic carbocycles. The highest BCUT2D eigenvalue weighted by Crippen LogP contribution is 2.08. The lowest BCUT2D eigenvalue weighted by molar-refractivity contribution is 0.111. The van der Waals surface area contributed by atoms with Gasteiger partial charge in [-0.2, -0.15) is 4.98 Å². The van der Waals surface area contributed by atoms with E-state index >= 15 is 0 Å². The first kappa shape index (κ1) is 9.58. The van der Waals surface area contributed by atoms with Crippen molar-refractivity contribution >= 4 is 6.29 Å². The van der Waals surface area contributed by atoms with E-state index in [0.717, 1.165) is 5.56 Å². The second-order valence-corrected chi connectivity index (χ2v) is 3.33. The topological polar surface area (TPSA) is 56.0 Å². The van der Waals surface area contributed by atoms with Crippen molar-refractivity contribution in [1.82, 2.24) is 10.1 Å². The van der Waals surface area contributed by atoms with Gasteiger partial charge < -0.3 is 4.52 Å². The summed E-state index contributed by atoms with van der Waals surface area (Å²) in [5.74, 6) is 0.554. The molecule has 1 aromatic carbocycles. The minimum atomic E-state index is 0.0945. The molecule has 0 aliphatic rings. The molecule has 76 valence electrons. The van der Waals surface area contributed by atoms with Gasteiger partial charge in [-0.25, -0.2) is 0 Å². The molecule has 0 radical (unpaired) electrons. The van der Waals surface area contributed by atoms with Crippen LogP contribution in [-0.4, -0.2) is 16.4 Å². The Bertz CT molecular complexity index is 460. The molecule has 4 nitrogen and oxygen atoms in total. The van der Waals surface area contributed by atoms with Gasteiger partial charge in [-0.05, 0) is 12.5 Å². The molecule has 2 rings (SSSR count). The summed E-state index contributed by atoms with van der Waals surface area (Å²) in [5, 5.41) is 3.49. The molecule has 0 saturated carbocycles. The Morgan fingerprint density at radius 3 is 2.67 bits per heavy atom. The van der Waals surface area contributed by atoms with Crippen molar-refractivity contribution in [2.45, 2.75) is 13.3 Å². The predicted octanol–water partition coefficient (Wildman–Crippen LogP) is 1.78. The molecule has 0 fully saturated rings. The Balaban J connectivity index is 2.14. The van der Waals surface area contributed by atoms with Crippen LogP contribution in [0.2, 0.25) is 0 Å². The minimum absolute atomic E-state index is 0.0945. The molecule has 0 atom stereocenters. The Morgan fingerprint density at radius 1 is 1.33 bits per heavy atom. The van der Waals surface area contributed by atoms with Crippen molar-refractivity contribution in [3.05, 3.63) is 47.1 Å². The lowest BCUT2D eigenvalue weighted by Crippen LogP contribution is -1.89. The summed E-state index contributed by atoms with van der Waals surface area (Å²) in [7, 11) is 0. The molecular formula is C11H10N2O2. The van der Waals surface area contributed by atoms with Crippen molar-refractivity contribution < 1.29 is 9.32 Å². The number of rotatable bonds is 3. The zero-order valence-electron chi connectivity index (χ0n) is 8.30. The van der Waals surface area contributed by atoms with Crippen LogP contribution in [0.4, 0.5) is 0 Å². The zero-order chi connectivity index (χ0) is 10.7. The highest BCUT2D eigenvalue weighted by molar-refractivity contribution is 5.68. The number of aryl methyl sites for hydroxylation is 1. The first-order chi connectivity index (χ1) is 7.28. The van der Waals surface area contributed by atoms with Crippen LogP contribution in [0.1, 0.15) is 27.6 Å². The van der Waals surface area contributed by atoms with E-state index in [9.17, 15) is 4.79 Å². The Hall–Kier alpha value is -1.97. The van der Waals surface area contributed by atoms with Gasteiger partial charge in [-0.1, -0.05) is 35.0 Å². The highest BCUT2D eigenvalue weighted by Gasteiger charge is 2.05. The van der Waals surface area contributed by atoms with E-state index < -0.39 is 0 Å². The second-order valence-electron chi connectivity index (χ2n) is 3.33. The number of aldehydes is 1. The molecule has 0 unspecified atom stereocenters. The maximum absolute atomic E-state index is 10.3. The van der Waals surface area contributed by atoms with E-state index in [4.69, 9.17) is 4.52 Å². The quantitative estimate of drug-likeness (QED) is 0.712. The normalized spacial score (nSPS) is 10.2. The first-order valence-corrected chi connectivity index (χ1v) is 4.61. The fourth-order valence-corrected chi connectivity index (χ4v) is 1.27. The van der Waals surface area contributed by atoms with Crippen LogP contribution >= 0.6 is 0 Å². The summed E-state index contributed by atoms with van der Waals surface area (Å²) in [6.45, 7) is 2.03. The largest absolute Gasteiger partial charge is 0.339 e. The average Bonchev–Trinajstić information content (AvgIpc) is 2.69. The van der Waals surface area contributed by atoms with E-state index in [0.29, 0.717) is 18.6 Å². The maximum atomic E-state index is 10.3. The molecule has 0 amide bonds. The molecule has 1 aromatic heterocycles. The lowest BCUT2D eigenvalue weighted by atomic mass is 10.1. The monoisotopic (exact) mass is 202 g/mol. The maximum Gasteiger partial charge on any atom is 0.235 e. The van der Waals surface area contributed by atoms with Gasteiger partial charge in [-0.3, -0.25) is 4.79 Å². The van der Waals surface area contributed by atoms with Gasteiger partial charge in [0.25, 0.3) is 0 Å². The van der Waals surface area contributed by atoms with Gasteiger partial charge in [0.2, 0.25) is 11.7 Å². The molecule has 0 N–H and O–H groups in total. The molecule has 2 aromatic rings. The summed E-state index contributed by atoms with van der Waals surface area (Å²) < 4.78 is 4.90. The van der Waals surface area contributed by atoms with Gasteiger partial charge in [0.15, 0.2) is 6.29 Å². The fourth-order valence-electron chi connectivity index (χ4n) is 1.27. The average molecular weight is 202 g/mol. The van der Waals surface area contributed by atoms with Crippen LogP contribution in [0.15, 0.2) is 28.8 Å². The van der Waals surface area contributed by atoms with Crippen LogP contribution in [0, 0.1) is 6.92 Å². The number of aromatic nitrogens is 2. The zero-order valence-corrected chi connectivity index (χ0v) is 8.30. The van der Waals surface area contributed by atoms with E-state index in [-0.39, 0.29) is 5.82 Å². The molecule has 15 heavy (non-hydrogen) atoms. The van der Waals surface area contributed by atoms with Crippen molar-refractivity contribution in [3.63, 3.8) is 0 Å². The molecule has 0 spiro atoms. The van der Waals surface area contributed by atoms with Gasteiger partial charge in [0.1, 0.15) is 0 Å². The SMILES string of the molecule is Cc1ccc(Cc2nc(C=O)no2)cc1. The molecular weight excluding hydrogens is 192 g/mol. The Labute approximate surface area is 86.9 Å². The third-order valence-corrected chi connectivity index (χ3v) is 2.07. The fraction of sp³-hybridized carbons (Fsp3) is 0.182. The van der Waals surface area contributed by atoms with Crippen LogP contribution in [-0.2, 0) is 6.42 Å². The molecule has 0 saturated heterocycles. The number of benzene rings is 1. The van der Waals surface area contributed by atoms with E-state index in [1.54, 1.807) is 0 Å². The third kappa shape index (κ3) is 2.28. The van der Waals surface area contributed by atoms with Crippen molar-refractivity contribution in [1.29, 1.82) is 0 Å². The predicted molar refractivity (Wildman–Crippen MR) is 53.7 cm³/mol. The van der Waals surface area contributed by atoms with E-state index in [1.165, 1.54) is 5.56 Å². The number of hydrogen-bond donors (Lipinski definition) is 0.